The average molecular weight is 254 g/mol. The molecule has 0 saturated carbocycles. The number of ketones is 1. The molecule has 5 nitrogen and oxygen atoms in total. The lowest BCUT2D eigenvalue weighted by atomic mass is 10.0. The molecule has 1 atom stereocenters. The van der Waals surface area contributed by atoms with Crippen molar-refractivity contribution in [3.8, 4) is 0 Å². The number of hydrogen-bond acceptors (Lipinski definition) is 3. The lowest BCUT2D eigenvalue weighted by molar-refractivity contribution is -0.158. The van der Waals surface area contributed by atoms with Gasteiger partial charge in [0.05, 0.1) is 6.54 Å². The summed E-state index contributed by atoms with van der Waals surface area (Å²) >= 11 is 0. The standard InChI is InChI=1S/C13H22N2O3/c1-5-10(4)11(16)8-14-6-7-15(9(2)3)13(18)12(14)17/h9-10H,5-8H2,1-4H3. The third-order valence-electron chi connectivity index (χ3n) is 3.47. The number of hydrogen-bond donors (Lipinski definition) is 0. The van der Waals surface area contributed by atoms with E-state index in [9.17, 15) is 14.4 Å². The van der Waals surface area contributed by atoms with E-state index in [0.29, 0.717) is 13.1 Å². The smallest absolute Gasteiger partial charge is 0.312 e. The van der Waals surface area contributed by atoms with Crippen molar-refractivity contribution in [3.05, 3.63) is 0 Å². The molecule has 1 rings (SSSR count). The molecule has 5 heteroatoms. The van der Waals surface area contributed by atoms with Crippen molar-refractivity contribution in [1.29, 1.82) is 0 Å². The highest BCUT2D eigenvalue weighted by atomic mass is 16.2. The second kappa shape index (κ2) is 5.98. The van der Waals surface area contributed by atoms with Crippen LogP contribution in [-0.4, -0.2) is 53.1 Å². The van der Waals surface area contributed by atoms with Crippen LogP contribution in [0.25, 0.3) is 0 Å². The fraction of sp³-hybridized carbons (Fsp3) is 0.769. The second-order valence-electron chi connectivity index (χ2n) is 5.09. The van der Waals surface area contributed by atoms with Gasteiger partial charge in [0.25, 0.3) is 0 Å². The topological polar surface area (TPSA) is 57.7 Å². The Bertz CT molecular complexity index is 352. The van der Waals surface area contributed by atoms with E-state index in [0.717, 1.165) is 6.42 Å². The van der Waals surface area contributed by atoms with Crippen molar-refractivity contribution >= 4 is 17.6 Å². The average Bonchev–Trinajstić information content (AvgIpc) is 2.33. The van der Waals surface area contributed by atoms with Crippen molar-refractivity contribution in [3.63, 3.8) is 0 Å². The van der Waals surface area contributed by atoms with Gasteiger partial charge in [-0.05, 0) is 20.3 Å². The fourth-order valence-corrected chi connectivity index (χ4v) is 1.90. The Morgan fingerprint density at radius 3 is 2.28 bits per heavy atom. The first-order chi connectivity index (χ1) is 8.38. The van der Waals surface area contributed by atoms with Crippen LogP contribution < -0.4 is 0 Å². The summed E-state index contributed by atoms with van der Waals surface area (Å²) in [5.74, 6) is -1.08. The summed E-state index contributed by atoms with van der Waals surface area (Å²) < 4.78 is 0. The molecule has 0 N–H and O–H groups in total. The summed E-state index contributed by atoms with van der Waals surface area (Å²) in [5, 5.41) is 0. The highest BCUT2D eigenvalue weighted by Gasteiger charge is 2.34. The van der Waals surface area contributed by atoms with Crippen LogP contribution >= 0.6 is 0 Å². The van der Waals surface area contributed by atoms with Gasteiger partial charge in [-0.25, -0.2) is 0 Å². The largest absolute Gasteiger partial charge is 0.330 e. The van der Waals surface area contributed by atoms with Gasteiger partial charge in [0.2, 0.25) is 0 Å². The van der Waals surface area contributed by atoms with Crippen LogP contribution in [0.15, 0.2) is 0 Å². The molecule has 1 fully saturated rings. The third-order valence-corrected chi connectivity index (χ3v) is 3.47. The van der Waals surface area contributed by atoms with E-state index in [1.807, 2.05) is 27.7 Å². The van der Waals surface area contributed by atoms with Gasteiger partial charge in [0, 0.05) is 25.0 Å². The highest BCUT2D eigenvalue weighted by molar-refractivity contribution is 6.35. The first kappa shape index (κ1) is 14.7. The summed E-state index contributed by atoms with van der Waals surface area (Å²) in [7, 11) is 0. The predicted octanol–water partition coefficient (Wildman–Crippen LogP) is 0.681. The molecular weight excluding hydrogens is 232 g/mol. The summed E-state index contributed by atoms with van der Waals surface area (Å²) in [6.45, 7) is 8.56. The molecular formula is C13H22N2O3. The minimum absolute atomic E-state index is 0.0221. The van der Waals surface area contributed by atoms with Crippen LogP contribution in [0, 0.1) is 5.92 Å². The van der Waals surface area contributed by atoms with E-state index in [2.05, 4.69) is 0 Å². The number of carbonyl (C=O) groups is 3. The maximum Gasteiger partial charge on any atom is 0.312 e. The Hall–Kier alpha value is -1.39. The normalized spacial score (nSPS) is 18.5. The Balaban J connectivity index is 2.64. The van der Waals surface area contributed by atoms with E-state index >= 15 is 0 Å². The molecule has 102 valence electrons. The van der Waals surface area contributed by atoms with Gasteiger partial charge < -0.3 is 9.80 Å². The monoisotopic (exact) mass is 254 g/mol. The fourth-order valence-electron chi connectivity index (χ4n) is 1.90. The van der Waals surface area contributed by atoms with Gasteiger partial charge in [0.15, 0.2) is 5.78 Å². The highest BCUT2D eigenvalue weighted by Crippen LogP contribution is 2.11. The maximum absolute atomic E-state index is 11.9. The van der Waals surface area contributed by atoms with E-state index in [1.165, 1.54) is 4.90 Å². The van der Waals surface area contributed by atoms with Crippen molar-refractivity contribution in [1.82, 2.24) is 9.80 Å². The predicted molar refractivity (Wildman–Crippen MR) is 67.9 cm³/mol. The van der Waals surface area contributed by atoms with Gasteiger partial charge in [-0.15, -0.1) is 0 Å². The molecule has 0 bridgehead atoms. The zero-order chi connectivity index (χ0) is 13.9. The Morgan fingerprint density at radius 1 is 1.17 bits per heavy atom. The lowest BCUT2D eigenvalue weighted by Gasteiger charge is -2.35. The number of Topliss-reactive ketones (excluding diaryl/α,β-unsaturated/α-hetero) is 1. The van der Waals surface area contributed by atoms with Crippen molar-refractivity contribution in [2.75, 3.05) is 19.6 Å². The minimum Gasteiger partial charge on any atom is -0.330 e. The van der Waals surface area contributed by atoms with Gasteiger partial charge >= 0.3 is 11.8 Å². The van der Waals surface area contributed by atoms with Crippen LogP contribution in [0.4, 0.5) is 0 Å². The molecule has 0 aromatic rings. The van der Waals surface area contributed by atoms with Crippen LogP contribution in [0.2, 0.25) is 0 Å². The number of carbonyl (C=O) groups excluding carboxylic acids is 3. The quantitative estimate of drug-likeness (QED) is 0.678. The van der Waals surface area contributed by atoms with Crippen molar-refractivity contribution in [2.24, 2.45) is 5.92 Å². The Kier molecular flexibility index (Phi) is 4.87. The van der Waals surface area contributed by atoms with E-state index in [1.54, 1.807) is 4.90 Å². The zero-order valence-electron chi connectivity index (χ0n) is 11.6. The number of amides is 2. The molecule has 0 aromatic carbocycles. The molecule has 1 unspecified atom stereocenters. The van der Waals surface area contributed by atoms with Gasteiger partial charge in [-0.2, -0.15) is 0 Å². The molecule has 1 aliphatic heterocycles. The maximum atomic E-state index is 11.9. The van der Waals surface area contributed by atoms with Crippen LogP contribution in [0.5, 0.6) is 0 Å². The molecule has 0 aromatic heterocycles. The number of rotatable bonds is 5. The summed E-state index contributed by atoms with van der Waals surface area (Å²) in [5.41, 5.74) is 0. The summed E-state index contributed by atoms with van der Waals surface area (Å²) in [6.07, 6.45) is 0.757. The Labute approximate surface area is 108 Å². The first-order valence-electron chi connectivity index (χ1n) is 6.51. The van der Waals surface area contributed by atoms with Crippen molar-refractivity contribution < 1.29 is 14.4 Å². The molecule has 18 heavy (non-hydrogen) atoms. The van der Waals surface area contributed by atoms with Gasteiger partial charge in [0.1, 0.15) is 0 Å². The van der Waals surface area contributed by atoms with E-state index < -0.39 is 11.8 Å². The Morgan fingerprint density at radius 2 is 1.78 bits per heavy atom. The van der Waals surface area contributed by atoms with E-state index in [-0.39, 0.29) is 24.3 Å². The summed E-state index contributed by atoms with van der Waals surface area (Å²) in [6, 6.07) is 0.0221. The SMILES string of the molecule is CCC(C)C(=O)CN1CCN(C(C)C)C(=O)C1=O. The molecule has 0 radical (unpaired) electrons. The van der Waals surface area contributed by atoms with Gasteiger partial charge in [-0.1, -0.05) is 13.8 Å². The van der Waals surface area contributed by atoms with Gasteiger partial charge in [-0.3, -0.25) is 14.4 Å². The first-order valence-corrected chi connectivity index (χ1v) is 6.51. The van der Waals surface area contributed by atoms with Crippen molar-refractivity contribution in [2.45, 2.75) is 40.2 Å². The molecule has 1 saturated heterocycles. The van der Waals surface area contributed by atoms with Crippen LogP contribution in [0.1, 0.15) is 34.1 Å². The minimum atomic E-state index is -0.549. The molecule has 0 aliphatic carbocycles. The molecule has 2 amide bonds. The third kappa shape index (κ3) is 3.09. The summed E-state index contributed by atoms with van der Waals surface area (Å²) in [4.78, 5) is 38.4. The number of piperazine rings is 1. The second-order valence-corrected chi connectivity index (χ2v) is 5.09. The number of nitrogens with zero attached hydrogens (tertiary/aromatic N) is 2. The lowest BCUT2D eigenvalue weighted by Crippen LogP contribution is -2.57. The molecule has 1 aliphatic rings. The van der Waals surface area contributed by atoms with Crippen LogP contribution in [0.3, 0.4) is 0 Å². The zero-order valence-corrected chi connectivity index (χ0v) is 11.6. The van der Waals surface area contributed by atoms with E-state index in [4.69, 9.17) is 0 Å². The molecule has 1 heterocycles. The molecule has 0 spiro atoms. The van der Waals surface area contributed by atoms with Crippen LogP contribution in [-0.2, 0) is 14.4 Å².